The second kappa shape index (κ2) is 4.66. The molecule has 110 valence electrons. The van der Waals surface area contributed by atoms with Gasteiger partial charge in [0.1, 0.15) is 18.0 Å². The summed E-state index contributed by atoms with van der Waals surface area (Å²) in [5.41, 5.74) is -1.36. The van der Waals surface area contributed by atoms with E-state index in [4.69, 9.17) is 9.84 Å². The predicted octanol–water partition coefficient (Wildman–Crippen LogP) is -0.921. The van der Waals surface area contributed by atoms with Crippen LogP contribution in [0.5, 0.6) is 5.75 Å². The standard InChI is InChI=1S/C14H13NO6/c16-6-14-10(18)5-8(11(19)12(14)21-14)15-13(20)7-3-1-2-4-9(7)17/h1-5,11-12,16-17,19H,6H2,(H,15,20). The molecule has 1 aliphatic heterocycles. The molecule has 4 N–H and O–H groups in total. The summed E-state index contributed by atoms with van der Waals surface area (Å²) in [6.45, 7) is -0.523. The first-order valence-corrected chi connectivity index (χ1v) is 6.32. The third-order valence-electron chi connectivity index (χ3n) is 3.69. The van der Waals surface area contributed by atoms with E-state index in [-0.39, 0.29) is 17.0 Å². The van der Waals surface area contributed by atoms with Crippen molar-refractivity contribution >= 4 is 11.7 Å². The number of hydrogen-bond donors (Lipinski definition) is 4. The number of benzene rings is 1. The van der Waals surface area contributed by atoms with Crippen LogP contribution in [0.2, 0.25) is 0 Å². The van der Waals surface area contributed by atoms with Gasteiger partial charge in [0.2, 0.25) is 0 Å². The molecule has 0 bridgehead atoms. The molecule has 1 fully saturated rings. The summed E-state index contributed by atoms with van der Waals surface area (Å²) in [6.07, 6.45) is -1.04. The molecule has 1 aromatic carbocycles. The van der Waals surface area contributed by atoms with Crippen molar-refractivity contribution in [3.8, 4) is 5.75 Å². The van der Waals surface area contributed by atoms with Gasteiger partial charge in [-0.3, -0.25) is 9.59 Å². The number of para-hydroxylation sites is 1. The van der Waals surface area contributed by atoms with E-state index in [1.54, 1.807) is 12.1 Å². The van der Waals surface area contributed by atoms with Gasteiger partial charge in [-0.15, -0.1) is 0 Å². The van der Waals surface area contributed by atoms with E-state index in [0.717, 1.165) is 6.08 Å². The number of aliphatic hydroxyl groups excluding tert-OH is 2. The molecule has 1 heterocycles. The van der Waals surface area contributed by atoms with Gasteiger partial charge in [0.15, 0.2) is 11.4 Å². The number of phenols is 1. The second-order valence-electron chi connectivity index (χ2n) is 4.97. The van der Waals surface area contributed by atoms with Crippen LogP contribution < -0.4 is 5.32 Å². The van der Waals surface area contributed by atoms with Gasteiger partial charge in [-0.25, -0.2) is 0 Å². The Labute approximate surface area is 119 Å². The van der Waals surface area contributed by atoms with E-state index < -0.39 is 36.1 Å². The number of carbonyl (C=O) groups excluding carboxylic acids is 2. The van der Waals surface area contributed by atoms with Crippen molar-refractivity contribution in [3.63, 3.8) is 0 Å². The van der Waals surface area contributed by atoms with Gasteiger partial charge >= 0.3 is 0 Å². The Balaban J connectivity index is 1.81. The van der Waals surface area contributed by atoms with E-state index in [9.17, 15) is 19.8 Å². The topological polar surface area (TPSA) is 119 Å². The maximum atomic E-state index is 12.0. The maximum Gasteiger partial charge on any atom is 0.259 e. The van der Waals surface area contributed by atoms with Gasteiger partial charge in [0, 0.05) is 6.08 Å². The quantitative estimate of drug-likeness (QED) is 0.535. The summed E-state index contributed by atoms with van der Waals surface area (Å²) in [7, 11) is 0. The summed E-state index contributed by atoms with van der Waals surface area (Å²) < 4.78 is 5.08. The lowest BCUT2D eigenvalue weighted by Crippen LogP contribution is -2.44. The molecule has 1 aromatic rings. The van der Waals surface area contributed by atoms with Crippen molar-refractivity contribution in [2.24, 2.45) is 0 Å². The number of ether oxygens (including phenoxy) is 1. The van der Waals surface area contributed by atoms with Crippen molar-refractivity contribution in [1.29, 1.82) is 0 Å². The van der Waals surface area contributed by atoms with E-state index in [2.05, 4.69) is 5.32 Å². The highest BCUT2D eigenvalue weighted by Gasteiger charge is 2.67. The van der Waals surface area contributed by atoms with Gasteiger partial charge in [0.05, 0.1) is 17.9 Å². The SMILES string of the molecule is O=C(NC1=CC(=O)C2(CO)OC2C1O)c1ccccc1O. The van der Waals surface area contributed by atoms with Crippen LogP contribution in [0.4, 0.5) is 0 Å². The fraction of sp³-hybridized carbons (Fsp3) is 0.286. The lowest BCUT2D eigenvalue weighted by atomic mass is 9.89. The molecule has 0 radical (unpaired) electrons. The summed E-state index contributed by atoms with van der Waals surface area (Å²) in [4.78, 5) is 23.9. The number of hydrogen-bond acceptors (Lipinski definition) is 6. The van der Waals surface area contributed by atoms with Crippen molar-refractivity contribution in [2.75, 3.05) is 6.61 Å². The molecule has 3 atom stereocenters. The molecule has 1 saturated heterocycles. The van der Waals surface area contributed by atoms with Crippen LogP contribution in [-0.4, -0.2) is 51.4 Å². The van der Waals surface area contributed by atoms with Crippen molar-refractivity contribution in [1.82, 2.24) is 5.32 Å². The van der Waals surface area contributed by atoms with E-state index >= 15 is 0 Å². The molecule has 0 saturated carbocycles. The number of aromatic hydroxyl groups is 1. The summed E-state index contributed by atoms with van der Waals surface area (Å²) >= 11 is 0. The van der Waals surface area contributed by atoms with Crippen LogP contribution >= 0.6 is 0 Å². The summed E-state index contributed by atoms with van der Waals surface area (Å²) in [6, 6.07) is 5.91. The van der Waals surface area contributed by atoms with Crippen LogP contribution in [0.15, 0.2) is 36.0 Å². The van der Waals surface area contributed by atoms with Crippen LogP contribution in [-0.2, 0) is 9.53 Å². The van der Waals surface area contributed by atoms with Gasteiger partial charge in [-0.1, -0.05) is 12.1 Å². The van der Waals surface area contributed by atoms with E-state index in [1.165, 1.54) is 12.1 Å². The fourth-order valence-electron chi connectivity index (χ4n) is 2.40. The van der Waals surface area contributed by atoms with Crippen molar-refractivity contribution in [2.45, 2.75) is 17.8 Å². The minimum atomic E-state index is -1.37. The van der Waals surface area contributed by atoms with Crippen molar-refractivity contribution in [3.05, 3.63) is 41.6 Å². The molecule has 3 unspecified atom stereocenters. The Morgan fingerprint density at radius 3 is 2.76 bits per heavy atom. The van der Waals surface area contributed by atoms with E-state index in [1.807, 2.05) is 0 Å². The molecule has 0 aromatic heterocycles. The maximum absolute atomic E-state index is 12.0. The van der Waals surface area contributed by atoms with E-state index in [0.29, 0.717) is 0 Å². The number of fused-ring (bicyclic) bond motifs is 1. The average molecular weight is 291 g/mol. The Morgan fingerprint density at radius 2 is 2.10 bits per heavy atom. The molecule has 3 rings (SSSR count). The number of phenolic OH excluding ortho intramolecular Hbond substituents is 1. The average Bonchev–Trinajstić information content (AvgIpc) is 3.22. The Kier molecular flexibility index (Phi) is 3.05. The molecule has 21 heavy (non-hydrogen) atoms. The fourth-order valence-corrected chi connectivity index (χ4v) is 2.40. The zero-order valence-corrected chi connectivity index (χ0v) is 10.8. The lowest BCUT2D eigenvalue weighted by molar-refractivity contribution is -0.121. The third-order valence-corrected chi connectivity index (χ3v) is 3.69. The van der Waals surface area contributed by atoms with Gasteiger partial charge in [-0.05, 0) is 12.1 Å². The number of epoxide rings is 1. The zero-order chi connectivity index (χ0) is 15.2. The van der Waals surface area contributed by atoms with Crippen LogP contribution in [0.25, 0.3) is 0 Å². The predicted molar refractivity (Wildman–Crippen MR) is 69.4 cm³/mol. The van der Waals surface area contributed by atoms with Crippen molar-refractivity contribution < 1.29 is 29.6 Å². The van der Waals surface area contributed by atoms with Crippen LogP contribution in [0, 0.1) is 0 Å². The van der Waals surface area contributed by atoms with Crippen LogP contribution in [0.1, 0.15) is 10.4 Å². The molecular weight excluding hydrogens is 278 g/mol. The zero-order valence-electron chi connectivity index (χ0n) is 10.8. The molecule has 1 aliphatic carbocycles. The number of ketones is 1. The summed E-state index contributed by atoms with van der Waals surface area (Å²) in [5.74, 6) is -1.36. The smallest absolute Gasteiger partial charge is 0.259 e. The number of rotatable bonds is 3. The normalized spacial score (nSPS) is 30.4. The largest absolute Gasteiger partial charge is 0.507 e. The second-order valence-corrected chi connectivity index (χ2v) is 4.97. The monoisotopic (exact) mass is 291 g/mol. The molecule has 7 nitrogen and oxygen atoms in total. The molecule has 2 aliphatic rings. The highest BCUT2D eigenvalue weighted by molar-refractivity contribution is 6.04. The lowest BCUT2D eigenvalue weighted by Gasteiger charge is -2.20. The first-order chi connectivity index (χ1) is 9.99. The molecule has 7 heteroatoms. The number of aliphatic hydroxyl groups is 2. The van der Waals surface area contributed by atoms with Gasteiger partial charge in [-0.2, -0.15) is 0 Å². The Morgan fingerprint density at radius 1 is 1.38 bits per heavy atom. The number of carbonyl (C=O) groups is 2. The highest BCUT2D eigenvalue weighted by Crippen LogP contribution is 2.44. The van der Waals surface area contributed by atoms with Gasteiger partial charge in [0.25, 0.3) is 5.91 Å². The number of nitrogens with one attached hydrogen (secondary N) is 1. The minimum Gasteiger partial charge on any atom is -0.507 e. The Hall–Kier alpha value is -2.22. The third kappa shape index (κ3) is 2.02. The minimum absolute atomic E-state index is 0.0140. The summed E-state index contributed by atoms with van der Waals surface area (Å²) in [5, 5.41) is 31.2. The van der Waals surface area contributed by atoms with Crippen LogP contribution in [0.3, 0.4) is 0 Å². The molecule has 1 amide bonds. The molecule has 0 spiro atoms. The van der Waals surface area contributed by atoms with Gasteiger partial charge < -0.3 is 25.4 Å². The Bertz CT molecular complexity index is 655. The first kappa shape index (κ1) is 13.7. The first-order valence-electron chi connectivity index (χ1n) is 6.32. The highest BCUT2D eigenvalue weighted by atomic mass is 16.6. The molecular formula is C14H13NO6. The number of amides is 1.